The van der Waals surface area contributed by atoms with Crippen LogP contribution in [-0.4, -0.2) is 28.0 Å². The first-order chi connectivity index (χ1) is 13.2. The normalized spacial score (nSPS) is 15.0. The zero-order valence-electron chi connectivity index (χ0n) is 14.8. The van der Waals surface area contributed by atoms with Gasteiger partial charge in [-0.05, 0) is 43.5 Å². The fourth-order valence-electron chi connectivity index (χ4n) is 2.84. The molecule has 1 aromatic heterocycles. The summed E-state index contributed by atoms with van der Waals surface area (Å²) in [5.41, 5.74) is 3.33. The van der Waals surface area contributed by atoms with Gasteiger partial charge in [-0.2, -0.15) is 4.98 Å². The van der Waals surface area contributed by atoms with Gasteiger partial charge in [0, 0.05) is 21.3 Å². The molecule has 0 saturated heterocycles. The molecule has 0 saturated carbocycles. The molecule has 138 valence electrons. The first-order valence-electron chi connectivity index (χ1n) is 8.42. The highest BCUT2D eigenvalue weighted by atomic mass is 79.9. The number of hydrogen-bond donors (Lipinski definition) is 1. The fraction of sp³-hybridized carbons (Fsp3) is 0.211. The first-order valence-corrected chi connectivity index (χ1v) is 10.4. The van der Waals surface area contributed by atoms with Gasteiger partial charge < -0.3 is 14.8 Å². The van der Waals surface area contributed by atoms with Crippen LogP contribution in [0.25, 0.3) is 11.3 Å². The Kier molecular flexibility index (Phi) is 5.18. The van der Waals surface area contributed by atoms with Crippen LogP contribution in [0.4, 0.5) is 5.69 Å². The second kappa shape index (κ2) is 7.74. The molecule has 27 heavy (non-hydrogen) atoms. The molecule has 0 fully saturated rings. The van der Waals surface area contributed by atoms with Gasteiger partial charge in [0.05, 0.1) is 6.61 Å². The van der Waals surface area contributed by atoms with Crippen molar-refractivity contribution in [1.82, 2.24) is 15.2 Å². The molecule has 1 aliphatic heterocycles. The second-order valence-electron chi connectivity index (χ2n) is 5.79. The van der Waals surface area contributed by atoms with E-state index in [0.29, 0.717) is 23.3 Å². The predicted molar refractivity (Wildman–Crippen MR) is 109 cm³/mol. The Morgan fingerprint density at radius 2 is 2.11 bits per heavy atom. The lowest BCUT2D eigenvalue weighted by Gasteiger charge is -2.20. The number of anilines is 1. The van der Waals surface area contributed by atoms with Crippen molar-refractivity contribution in [2.24, 2.45) is 0 Å². The molecule has 8 heteroatoms. The summed E-state index contributed by atoms with van der Waals surface area (Å²) in [4.78, 5) is 4.54. The van der Waals surface area contributed by atoms with Gasteiger partial charge in [-0.3, -0.25) is 0 Å². The summed E-state index contributed by atoms with van der Waals surface area (Å²) in [6.45, 7) is 2.57. The van der Waals surface area contributed by atoms with Gasteiger partial charge in [0.1, 0.15) is 5.75 Å². The molecule has 4 rings (SSSR count). The molecule has 3 aromatic rings. The molecule has 2 heterocycles. The van der Waals surface area contributed by atoms with Crippen LogP contribution in [0.15, 0.2) is 52.1 Å². The molecule has 1 atom stereocenters. The lowest BCUT2D eigenvalue weighted by atomic mass is 10.1. The molecule has 2 aromatic carbocycles. The van der Waals surface area contributed by atoms with Crippen LogP contribution in [-0.2, 0) is 0 Å². The molecule has 0 radical (unpaired) electrons. The van der Waals surface area contributed by atoms with Crippen molar-refractivity contribution in [3.05, 3.63) is 52.5 Å². The molecule has 6 nitrogen and oxygen atoms in total. The van der Waals surface area contributed by atoms with Crippen molar-refractivity contribution in [1.29, 1.82) is 0 Å². The Labute approximate surface area is 169 Å². The van der Waals surface area contributed by atoms with E-state index in [2.05, 4.69) is 36.4 Å². The number of halogens is 1. The van der Waals surface area contributed by atoms with E-state index >= 15 is 0 Å². The quantitative estimate of drug-likeness (QED) is 0.572. The van der Waals surface area contributed by atoms with E-state index < -0.39 is 6.23 Å². The number of hydrogen-bond acceptors (Lipinski definition) is 7. The number of aromatic nitrogens is 3. The van der Waals surface area contributed by atoms with Gasteiger partial charge in [0.25, 0.3) is 0 Å². The van der Waals surface area contributed by atoms with E-state index in [1.54, 1.807) is 0 Å². The number of benzene rings is 2. The van der Waals surface area contributed by atoms with Crippen molar-refractivity contribution < 1.29 is 9.47 Å². The van der Waals surface area contributed by atoms with Gasteiger partial charge in [-0.1, -0.05) is 39.8 Å². The summed E-state index contributed by atoms with van der Waals surface area (Å²) < 4.78 is 12.8. The van der Waals surface area contributed by atoms with Crippen LogP contribution < -0.4 is 14.8 Å². The van der Waals surface area contributed by atoms with Gasteiger partial charge in [-0.25, -0.2) is 0 Å². The van der Waals surface area contributed by atoms with E-state index in [1.807, 2.05) is 55.6 Å². The average molecular weight is 445 g/mol. The van der Waals surface area contributed by atoms with Crippen LogP contribution in [0.2, 0.25) is 0 Å². The molecule has 0 aliphatic carbocycles. The van der Waals surface area contributed by atoms with E-state index in [0.717, 1.165) is 27.0 Å². The van der Waals surface area contributed by atoms with E-state index in [9.17, 15) is 0 Å². The molecule has 0 unspecified atom stereocenters. The van der Waals surface area contributed by atoms with Crippen molar-refractivity contribution >= 4 is 33.4 Å². The van der Waals surface area contributed by atoms with Crippen LogP contribution in [0.3, 0.4) is 0 Å². The zero-order valence-corrected chi connectivity index (χ0v) is 17.2. The number of nitrogens with zero attached hydrogens (tertiary/aromatic N) is 3. The van der Waals surface area contributed by atoms with Gasteiger partial charge in [-0.15, -0.1) is 10.2 Å². The van der Waals surface area contributed by atoms with E-state index in [-0.39, 0.29) is 0 Å². The zero-order chi connectivity index (χ0) is 18.8. The smallest absolute Gasteiger partial charge is 0.247 e. The van der Waals surface area contributed by atoms with Gasteiger partial charge in [0.2, 0.25) is 11.0 Å². The van der Waals surface area contributed by atoms with Crippen LogP contribution in [0, 0.1) is 0 Å². The van der Waals surface area contributed by atoms with Gasteiger partial charge in [0.15, 0.2) is 11.9 Å². The summed E-state index contributed by atoms with van der Waals surface area (Å²) in [5.74, 6) is 1.25. The SMILES string of the molecule is CCOc1cccc([C@@H]2Nc3ccc(Br)cc3-c3nnc(SC)nc3O2)c1. The topological polar surface area (TPSA) is 69.2 Å². The summed E-state index contributed by atoms with van der Waals surface area (Å²) in [5, 5.41) is 12.5. The predicted octanol–water partition coefficient (Wildman–Crippen LogP) is 4.92. The maximum atomic E-state index is 6.23. The minimum atomic E-state index is -0.432. The molecule has 0 spiro atoms. The molecular weight excluding hydrogens is 428 g/mol. The Balaban J connectivity index is 1.82. The minimum Gasteiger partial charge on any atom is -0.494 e. The van der Waals surface area contributed by atoms with Gasteiger partial charge >= 0.3 is 0 Å². The minimum absolute atomic E-state index is 0.432. The number of nitrogens with one attached hydrogen (secondary N) is 1. The van der Waals surface area contributed by atoms with E-state index in [4.69, 9.17) is 9.47 Å². The number of fused-ring (bicyclic) bond motifs is 3. The monoisotopic (exact) mass is 444 g/mol. The van der Waals surface area contributed by atoms with Crippen LogP contribution >= 0.6 is 27.7 Å². The fourth-order valence-corrected chi connectivity index (χ4v) is 3.50. The maximum absolute atomic E-state index is 6.23. The van der Waals surface area contributed by atoms with Crippen molar-refractivity contribution in [3.8, 4) is 22.9 Å². The summed E-state index contributed by atoms with van der Waals surface area (Å²) in [6, 6.07) is 13.8. The summed E-state index contributed by atoms with van der Waals surface area (Å²) >= 11 is 4.95. The standard InChI is InChI=1S/C19H17BrN4O2S/c1-3-25-13-6-4-5-11(9-13)17-21-15-8-7-12(20)10-14(15)16-18(26-17)22-19(27-2)24-23-16/h4-10,17,21H,3H2,1-2H3/t17-/m1/s1. The summed E-state index contributed by atoms with van der Waals surface area (Å²) in [7, 11) is 0. The second-order valence-corrected chi connectivity index (χ2v) is 7.48. The molecule has 0 bridgehead atoms. The Morgan fingerprint density at radius 1 is 1.22 bits per heavy atom. The Morgan fingerprint density at radius 3 is 2.93 bits per heavy atom. The van der Waals surface area contributed by atoms with Crippen molar-refractivity contribution in [2.45, 2.75) is 18.3 Å². The lowest BCUT2D eigenvalue weighted by molar-refractivity contribution is 0.224. The summed E-state index contributed by atoms with van der Waals surface area (Å²) in [6.07, 6.45) is 1.48. The van der Waals surface area contributed by atoms with E-state index in [1.165, 1.54) is 11.8 Å². The molecule has 1 N–H and O–H groups in total. The Bertz CT molecular complexity index is 986. The third kappa shape index (κ3) is 3.72. The first kappa shape index (κ1) is 18.1. The van der Waals surface area contributed by atoms with Crippen molar-refractivity contribution in [2.75, 3.05) is 18.2 Å². The highest BCUT2D eigenvalue weighted by molar-refractivity contribution is 9.10. The largest absolute Gasteiger partial charge is 0.494 e. The highest BCUT2D eigenvalue weighted by Crippen LogP contribution is 2.41. The highest BCUT2D eigenvalue weighted by Gasteiger charge is 2.26. The van der Waals surface area contributed by atoms with Crippen LogP contribution in [0.1, 0.15) is 18.7 Å². The lowest BCUT2D eigenvalue weighted by Crippen LogP contribution is -2.17. The van der Waals surface area contributed by atoms with Crippen LogP contribution in [0.5, 0.6) is 11.6 Å². The molecule has 1 aliphatic rings. The number of thioether (sulfide) groups is 1. The maximum Gasteiger partial charge on any atom is 0.247 e. The molecular formula is C19H17BrN4O2S. The number of ether oxygens (including phenoxy) is 2. The molecule has 0 amide bonds. The Hall–Kier alpha value is -2.32. The van der Waals surface area contributed by atoms with Crippen molar-refractivity contribution in [3.63, 3.8) is 0 Å². The third-order valence-corrected chi connectivity index (χ3v) is 5.07. The third-order valence-electron chi connectivity index (χ3n) is 4.04. The number of rotatable bonds is 4. The average Bonchev–Trinajstić information content (AvgIpc) is 2.84.